The highest BCUT2D eigenvalue weighted by Crippen LogP contribution is 2.22. The second-order valence-electron chi connectivity index (χ2n) is 6.88. The third kappa shape index (κ3) is 2.72. The third-order valence-corrected chi connectivity index (χ3v) is 5.07. The topological polar surface area (TPSA) is 56.0 Å². The maximum Gasteiger partial charge on any atom is 0.145 e. The molecule has 0 aliphatic heterocycles. The normalized spacial score (nSPS) is 11.6. The molecule has 5 heteroatoms. The monoisotopic (exact) mass is 353 g/mol. The molecular formula is C22H19N5. The zero-order chi connectivity index (χ0) is 18.4. The number of nitrogens with zero attached hydrogens (tertiary/aromatic N) is 5. The molecule has 0 radical (unpaired) electrons. The Hall–Kier alpha value is -3.34. The molecule has 0 fully saturated rings. The van der Waals surface area contributed by atoms with Gasteiger partial charge in [-0.05, 0) is 43.9 Å². The minimum Gasteiger partial charge on any atom is -0.304 e. The smallest absolute Gasteiger partial charge is 0.145 e. The van der Waals surface area contributed by atoms with Crippen LogP contribution in [0.5, 0.6) is 0 Å². The molecule has 1 aromatic carbocycles. The maximum atomic E-state index is 4.92. The molecule has 0 amide bonds. The van der Waals surface area contributed by atoms with Gasteiger partial charge in [0.1, 0.15) is 17.0 Å². The minimum atomic E-state index is 0.756. The van der Waals surface area contributed by atoms with Gasteiger partial charge in [0.2, 0.25) is 0 Å². The first-order chi connectivity index (χ1) is 13.2. The fourth-order valence-corrected chi connectivity index (χ4v) is 3.58. The lowest BCUT2D eigenvalue weighted by Crippen LogP contribution is -2.00. The fourth-order valence-electron chi connectivity index (χ4n) is 3.58. The lowest BCUT2D eigenvalue weighted by Gasteiger charge is -2.02. The Morgan fingerprint density at radius 1 is 0.852 bits per heavy atom. The molecule has 0 bridgehead atoms. The van der Waals surface area contributed by atoms with E-state index in [2.05, 4.69) is 62.8 Å². The van der Waals surface area contributed by atoms with Crippen LogP contribution in [0.4, 0.5) is 0 Å². The summed E-state index contributed by atoms with van der Waals surface area (Å²) in [7, 11) is 0. The summed E-state index contributed by atoms with van der Waals surface area (Å²) in [6.45, 7) is 4.10. The SMILES string of the molecule is Cc1ccc2nc(CCc3nc4c5ccccc5ccn4c3C)ncc2n1. The summed E-state index contributed by atoms with van der Waals surface area (Å²) in [6.07, 6.45) is 5.48. The van der Waals surface area contributed by atoms with Crippen molar-refractivity contribution < 1.29 is 0 Å². The summed E-state index contributed by atoms with van der Waals surface area (Å²) >= 11 is 0. The average Bonchev–Trinajstić information content (AvgIpc) is 3.02. The van der Waals surface area contributed by atoms with E-state index in [0.29, 0.717) is 0 Å². The molecule has 132 valence electrons. The molecule has 0 saturated heterocycles. The molecule has 5 rings (SSSR count). The van der Waals surface area contributed by atoms with E-state index in [0.717, 1.165) is 46.7 Å². The van der Waals surface area contributed by atoms with Crippen LogP contribution in [0.3, 0.4) is 0 Å². The van der Waals surface area contributed by atoms with Crippen LogP contribution in [0.15, 0.2) is 54.9 Å². The number of hydrogen-bond donors (Lipinski definition) is 0. The Labute approximate surface area is 156 Å². The van der Waals surface area contributed by atoms with Gasteiger partial charge in [-0.2, -0.15) is 0 Å². The number of rotatable bonds is 3. The van der Waals surface area contributed by atoms with Crippen LogP contribution in [-0.2, 0) is 12.8 Å². The zero-order valence-corrected chi connectivity index (χ0v) is 15.3. The van der Waals surface area contributed by atoms with Crippen LogP contribution in [0.1, 0.15) is 22.9 Å². The molecule has 0 N–H and O–H groups in total. The van der Waals surface area contributed by atoms with Gasteiger partial charge in [-0.25, -0.2) is 19.9 Å². The van der Waals surface area contributed by atoms with Gasteiger partial charge < -0.3 is 4.40 Å². The summed E-state index contributed by atoms with van der Waals surface area (Å²) in [5.41, 5.74) is 5.99. The van der Waals surface area contributed by atoms with Crippen LogP contribution < -0.4 is 0 Å². The van der Waals surface area contributed by atoms with Crippen molar-refractivity contribution in [1.82, 2.24) is 24.3 Å². The van der Waals surface area contributed by atoms with Crippen molar-refractivity contribution in [2.24, 2.45) is 0 Å². The first-order valence-electron chi connectivity index (χ1n) is 9.13. The highest BCUT2D eigenvalue weighted by Gasteiger charge is 2.12. The third-order valence-electron chi connectivity index (χ3n) is 5.07. The molecule has 0 spiro atoms. The van der Waals surface area contributed by atoms with E-state index < -0.39 is 0 Å². The Morgan fingerprint density at radius 2 is 1.74 bits per heavy atom. The number of pyridine rings is 2. The Balaban J connectivity index is 1.48. The molecule has 5 nitrogen and oxygen atoms in total. The second kappa shape index (κ2) is 6.13. The second-order valence-corrected chi connectivity index (χ2v) is 6.88. The fraction of sp³-hybridized carbons (Fsp3) is 0.182. The summed E-state index contributed by atoms with van der Waals surface area (Å²) in [4.78, 5) is 18.5. The highest BCUT2D eigenvalue weighted by molar-refractivity contribution is 5.94. The van der Waals surface area contributed by atoms with Crippen molar-refractivity contribution in [3.8, 4) is 0 Å². The number of aromatic nitrogens is 5. The lowest BCUT2D eigenvalue weighted by molar-refractivity contribution is 0.842. The quantitative estimate of drug-likeness (QED) is 0.487. The molecule has 0 atom stereocenters. The number of hydrogen-bond acceptors (Lipinski definition) is 4. The molecule has 0 unspecified atom stereocenters. The lowest BCUT2D eigenvalue weighted by atomic mass is 10.2. The summed E-state index contributed by atoms with van der Waals surface area (Å²) in [6, 6.07) is 14.5. The van der Waals surface area contributed by atoms with Crippen LogP contribution in [0, 0.1) is 13.8 Å². The highest BCUT2D eigenvalue weighted by atomic mass is 15.0. The Morgan fingerprint density at radius 3 is 2.67 bits per heavy atom. The first-order valence-corrected chi connectivity index (χ1v) is 9.13. The van der Waals surface area contributed by atoms with Gasteiger partial charge in [-0.1, -0.05) is 24.3 Å². The number of fused-ring (bicyclic) bond motifs is 4. The number of benzene rings is 1. The van der Waals surface area contributed by atoms with E-state index in [1.54, 1.807) is 0 Å². The summed E-state index contributed by atoms with van der Waals surface area (Å²) in [5.74, 6) is 0.828. The minimum absolute atomic E-state index is 0.756. The van der Waals surface area contributed by atoms with Gasteiger partial charge in [0.25, 0.3) is 0 Å². The van der Waals surface area contributed by atoms with Crippen LogP contribution in [0.2, 0.25) is 0 Å². The van der Waals surface area contributed by atoms with Crippen LogP contribution in [0.25, 0.3) is 27.5 Å². The van der Waals surface area contributed by atoms with Crippen molar-refractivity contribution in [2.45, 2.75) is 26.7 Å². The predicted octanol–water partition coefficient (Wildman–Crippen LogP) is 4.23. The van der Waals surface area contributed by atoms with E-state index in [1.807, 2.05) is 25.3 Å². The van der Waals surface area contributed by atoms with Crippen molar-refractivity contribution >= 4 is 27.5 Å². The van der Waals surface area contributed by atoms with Crippen molar-refractivity contribution in [2.75, 3.05) is 0 Å². The largest absolute Gasteiger partial charge is 0.304 e. The standard InChI is InChI=1S/C22H19N5/c1-14-7-8-19-20(24-14)13-23-21(25-19)10-9-18-15(2)27-12-11-16-5-3-4-6-17(16)22(27)26-18/h3-8,11-13H,9-10H2,1-2H3. The molecule has 5 aromatic rings. The molecular weight excluding hydrogens is 334 g/mol. The van der Waals surface area contributed by atoms with Crippen molar-refractivity contribution in [3.05, 3.63) is 77.8 Å². The maximum absolute atomic E-state index is 4.92. The van der Waals surface area contributed by atoms with E-state index >= 15 is 0 Å². The molecule has 4 aromatic heterocycles. The Kier molecular flexibility index (Phi) is 3.60. The van der Waals surface area contributed by atoms with Gasteiger partial charge in [0.15, 0.2) is 0 Å². The van der Waals surface area contributed by atoms with E-state index in [9.17, 15) is 0 Å². The van der Waals surface area contributed by atoms with Crippen molar-refractivity contribution in [1.29, 1.82) is 0 Å². The summed E-state index contributed by atoms with van der Waals surface area (Å²) < 4.78 is 2.17. The van der Waals surface area contributed by atoms with E-state index in [1.165, 1.54) is 16.5 Å². The molecule has 0 saturated carbocycles. The number of imidazole rings is 1. The molecule has 4 heterocycles. The Bertz CT molecular complexity index is 1300. The predicted molar refractivity (Wildman–Crippen MR) is 107 cm³/mol. The number of aryl methyl sites for hydroxylation is 4. The average molecular weight is 353 g/mol. The van der Waals surface area contributed by atoms with Gasteiger partial charge >= 0.3 is 0 Å². The van der Waals surface area contributed by atoms with Gasteiger partial charge in [0.05, 0.1) is 17.4 Å². The van der Waals surface area contributed by atoms with Gasteiger partial charge in [-0.3, -0.25) is 0 Å². The van der Waals surface area contributed by atoms with Crippen molar-refractivity contribution in [3.63, 3.8) is 0 Å². The van der Waals surface area contributed by atoms with Crippen LogP contribution in [-0.4, -0.2) is 24.3 Å². The zero-order valence-electron chi connectivity index (χ0n) is 15.3. The summed E-state index contributed by atoms with van der Waals surface area (Å²) in [5, 5.41) is 2.39. The van der Waals surface area contributed by atoms with E-state index in [-0.39, 0.29) is 0 Å². The molecule has 0 aliphatic rings. The first kappa shape index (κ1) is 15.9. The van der Waals surface area contributed by atoms with E-state index in [4.69, 9.17) is 4.98 Å². The molecule has 0 aliphatic carbocycles. The van der Waals surface area contributed by atoms with Gasteiger partial charge in [0, 0.05) is 29.4 Å². The molecule has 27 heavy (non-hydrogen) atoms. The van der Waals surface area contributed by atoms with Gasteiger partial charge in [-0.15, -0.1) is 0 Å². The van der Waals surface area contributed by atoms with Crippen LogP contribution >= 0.6 is 0 Å².